The van der Waals surface area contributed by atoms with Gasteiger partial charge in [0.1, 0.15) is 0 Å². The first-order chi connectivity index (χ1) is 8.83. The van der Waals surface area contributed by atoms with E-state index in [0.717, 1.165) is 0 Å². The van der Waals surface area contributed by atoms with Crippen LogP contribution in [0.4, 0.5) is 0 Å². The van der Waals surface area contributed by atoms with E-state index in [1.165, 1.54) is 14.2 Å². The van der Waals surface area contributed by atoms with Crippen LogP contribution in [0.15, 0.2) is 0 Å². The third-order valence-electron chi connectivity index (χ3n) is 3.29. The van der Waals surface area contributed by atoms with Crippen LogP contribution >= 0.6 is 16.8 Å². The first kappa shape index (κ1) is 18.9. The maximum atomic E-state index is 11.8. The third kappa shape index (κ3) is 2.97. The van der Waals surface area contributed by atoms with Crippen LogP contribution in [0.1, 0.15) is 26.7 Å². The average molecular weight is 332 g/mol. The van der Waals surface area contributed by atoms with Crippen LogP contribution in [0.3, 0.4) is 0 Å². The van der Waals surface area contributed by atoms with Crippen molar-refractivity contribution in [1.29, 1.82) is 0 Å². The first-order valence-electron chi connectivity index (χ1n) is 5.68. The van der Waals surface area contributed by atoms with Crippen molar-refractivity contribution in [3.8, 4) is 0 Å². The number of rotatable bonds is 9. The monoisotopic (exact) mass is 332 g/mol. The number of carbonyl (C=O) groups is 2. The molecular formula is C10H21O6PS2. The molecule has 3 unspecified atom stereocenters. The summed E-state index contributed by atoms with van der Waals surface area (Å²) in [5, 5.41) is 19.0. The van der Waals surface area contributed by atoms with Gasteiger partial charge < -0.3 is 10.2 Å². The maximum absolute atomic E-state index is 11.8. The Bertz CT molecular complexity index is 360. The normalized spacial score (nSPS) is 18.1. The summed E-state index contributed by atoms with van der Waals surface area (Å²) in [6.07, 6.45) is 0.263. The Hall–Kier alpha value is -0.140. The minimum absolute atomic E-state index is 0.0911. The summed E-state index contributed by atoms with van der Waals surface area (Å²) in [7, 11) is 0.0662. The quantitative estimate of drug-likeness (QED) is 0.624. The zero-order valence-corrected chi connectivity index (χ0v) is 14.2. The van der Waals surface area contributed by atoms with Crippen LogP contribution in [-0.2, 0) is 29.8 Å². The van der Waals surface area contributed by atoms with E-state index in [4.69, 9.17) is 20.2 Å². The fraction of sp³-hybridized carbons (Fsp3) is 0.800. The van der Waals surface area contributed by atoms with E-state index < -0.39 is 39.4 Å². The van der Waals surface area contributed by atoms with Crippen molar-refractivity contribution in [3.05, 3.63) is 0 Å². The summed E-state index contributed by atoms with van der Waals surface area (Å²) in [5.74, 6) is -3.48. The molecule has 0 aliphatic rings. The van der Waals surface area contributed by atoms with Gasteiger partial charge in [0.2, 0.25) is 0 Å². The second-order valence-corrected chi connectivity index (χ2v) is 10.7. The van der Waals surface area contributed by atoms with Gasteiger partial charge in [-0.15, -0.1) is 0 Å². The Morgan fingerprint density at radius 2 is 1.79 bits per heavy atom. The first-order valence-corrected chi connectivity index (χ1v) is 10.5. The Morgan fingerprint density at radius 3 is 1.95 bits per heavy atom. The molecule has 6 nitrogen and oxygen atoms in total. The van der Waals surface area contributed by atoms with Gasteiger partial charge in [-0.3, -0.25) is 13.2 Å². The van der Waals surface area contributed by atoms with E-state index in [1.54, 1.807) is 13.8 Å². The van der Waals surface area contributed by atoms with Crippen molar-refractivity contribution in [2.75, 3.05) is 14.2 Å². The van der Waals surface area contributed by atoms with Gasteiger partial charge in [0, 0.05) is 6.56 Å². The van der Waals surface area contributed by atoms with E-state index in [-0.39, 0.29) is 12.8 Å². The lowest BCUT2D eigenvalue weighted by atomic mass is 9.87. The molecule has 9 heteroatoms. The van der Waals surface area contributed by atoms with Crippen LogP contribution in [0.2, 0.25) is 0 Å². The predicted molar refractivity (Wildman–Crippen MR) is 80.8 cm³/mol. The van der Waals surface area contributed by atoms with Gasteiger partial charge in [0.05, 0.1) is 20.1 Å². The number of aliphatic carboxylic acids is 2. The molecule has 0 heterocycles. The topological polar surface area (TPSA) is 93.1 Å². The number of hydrogen-bond donors (Lipinski definition) is 2. The molecule has 0 aromatic rings. The van der Waals surface area contributed by atoms with Gasteiger partial charge in [-0.1, -0.05) is 25.7 Å². The number of carboxylic acids is 2. The van der Waals surface area contributed by atoms with Crippen LogP contribution in [0.5, 0.6) is 0 Å². The summed E-state index contributed by atoms with van der Waals surface area (Å²) in [6.45, 7) is 2.37. The summed E-state index contributed by atoms with van der Waals surface area (Å²) in [6, 6.07) is 0. The van der Waals surface area contributed by atoms with E-state index in [0.29, 0.717) is 0 Å². The van der Waals surface area contributed by atoms with Crippen LogP contribution in [-0.4, -0.2) is 41.1 Å². The van der Waals surface area contributed by atoms with E-state index in [1.807, 2.05) is 0 Å². The van der Waals surface area contributed by atoms with Crippen molar-refractivity contribution in [1.82, 2.24) is 0 Å². The van der Waals surface area contributed by atoms with Gasteiger partial charge in [-0.05, 0) is 12.8 Å². The summed E-state index contributed by atoms with van der Waals surface area (Å²) in [5.41, 5.74) is 0. The van der Waals surface area contributed by atoms with Crippen LogP contribution in [0.25, 0.3) is 0 Å². The molecule has 0 saturated carbocycles. The summed E-state index contributed by atoms with van der Waals surface area (Å²) < 4.78 is 9.06. The Morgan fingerprint density at radius 1 is 1.32 bits per heavy atom. The molecule has 0 aromatic heterocycles. The second kappa shape index (κ2) is 7.59. The SMILES string of the molecule is CCC(C(=O)O)C(CC)(C(=O)O)S(OC)(OC)[PH2]=S. The van der Waals surface area contributed by atoms with E-state index in [9.17, 15) is 19.8 Å². The Balaban J connectivity index is 6.24. The van der Waals surface area contributed by atoms with Gasteiger partial charge in [0.15, 0.2) is 4.75 Å². The molecule has 0 fully saturated rings. The zero-order chi connectivity index (χ0) is 15.3. The lowest BCUT2D eigenvalue weighted by Gasteiger charge is -2.52. The highest BCUT2D eigenvalue weighted by molar-refractivity contribution is 8.74. The van der Waals surface area contributed by atoms with E-state index in [2.05, 4.69) is 0 Å². The van der Waals surface area contributed by atoms with Gasteiger partial charge >= 0.3 is 11.9 Å². The molecule has 19 heavy (non-hydrogen) atoms. The molecule has 0 aliphatic carbocycles. The summed E-state index contributed by atoms with van der Waals surface area (Å²) in [4.78, 5) is 23.3. The van der Waals surface area contributed by atoms with Crippen molar-refractivity contribution >= 4 is 40.5 Å². The molecule has 0 rings (SSSR count). The smallest absolute Gasteiger partial charge is 0.330 e. The number of hydrogen-bond acceptors (Lipinski definition) is 5. The molecular weight excluding hydrogens is 311 g/mol. The summed E-state index contributed by atoms with van der Waals surface area (Å²) >= 11 is 5.09. The molecule has 114 valence electrons. The van der Waals surface area contributed by atoms with Gasteiger partial charge in [-0.2, -0.15) is 10.2 Å². The molecule has 0 bridgehead atoms. The minimum Gasteiger partial charge on any atom is -0.481 e. The molecule has 0 spiro atoms. The Labute approximate surface area is 120 Å². The highest BCUT2D eigenvalue weighted by Gasteiger charge is 2.58. The minimum atomic E-state index is -2.60. The van der Waals surface area contributed by atoms with Crippen LogP contribution < -0.4 is 0 Å². The Kier molecular flexibility index (Phi) is 7.54. The molecule has 0 amide bonds. The van der Waals surface area contributed by atoms with Crippen molar-refractivity contribution in [3.63, 3.8) is 0 Å². The fourth-order valence-corrected chi connectivity index (χ4v) is 9.91. The predicted octanol–water partition coefficient (Wildman–Crippen LogP) is 2.05. The van der Waals surface area contributed by atoms with Gasteiger partial charge in [-0.25, -0.2) is 4.79 Å². The lowest BCUT2D eigenvalue weighted by molar-refractivity contribution is -0.152. The molecule has 0 radical (unpaired) electrons. The fourth-order valence-electron chi connectivity index (χ4n) is 2.30. The highest BCUT2D eigenvalue weighted by Crippen LogP contribution is 2.73. The molecule has 0 aliphatic heterocycles. The average Bonchev–Trinajstić information content (AvgIpc) is 2.38. The second-order valence-electron chi connectivity index (χ2n) is 3.82. The standard InChI is InChI=1S/C10H21O6PS2/c1-5-7(8(11)12)10(6-2,9(13)14)19(15-3,16-4)17-18/h7H,5-6,17H2,1-4H3,(H,11,12)(H,13,14). The number of carboxylic acid groups (broad SMARTS) is 2. The van der Waals surface area contributed by atoms with Crippen LogP contribution in [0, 0.1) is 5.92 Å². The van der Waals surface area contributed by atoms with Crippen molar-refractivity contribution in [2.24, 2.45) is 5.92 Å². The third-order valence-corrected chi connectivity index (χ3v) is 11.7. The highest BCUT2D eigenvalue weighted by atomic mass is 32.9. The molecule has 0 saturated heterocycles. The maximum Gasteiger partial charge on any atom is 0.330 e. The van der Waals surface area contributed by atoms with E-state index >= 15 is 0 Å². The largest absolute Gasteiger partial charge is 0.481 e. The van der Waals surface area contributed by atoms with Gasteiger partial charge in [0.25, 0.3) is 0 Å². The van der Waals surface area contributed by atoms with Crippen molar-refractivity contribution < 1.29 is 28.2 Å². The molecule has 2 N–H and O–H groups in total. The molecule has 3 atom stereocenters. The lowest BCUT2D eigenvalue weighted by Crippen LogP contribution is -2.51. The molecule has 0 aromatic carbocycles. The van der Waals surface area contributed by atoms with Crippen molar-refractivity contribution in [2.45, 2.75) is 31.4 Å². The zero-order valence-electron chi connectivity index (χ0n) is 11.4.